The number of morpholine rings is 1. The normalized spacial score (nSPS) is 15.6. The number of nitrogens with zero attached hydrogens (tertiary/aromatic N) is 5. The van der Waals surface area contributed by atoms with Crippen molar-refractivity contribution in [1.82, 2.24) is 25.3 Å². The molecular weight excluding hydrogens is 584 g/mol. The molecule has 1 amide bonds. The van der Waals surface area contributed by atoms with Gasteiger partial charge in [-0.25, -0.2) is 23.4 Å². The predicted molar refractivity (Wildman–Crippen MR) is 161 cm³/mol. The molecule has 0 saturated carbocycles. The van der Waals surface area contributed by atoms with Crippen molar-refractivity contribution in [2.45, 2.75) is 17.5 Å². The van der Waals surface area contributed by atoms with Gasteiger partial charge in [0.2, 0.25) is 0 Å². The molecule has 0 unspecified atom stereocenters. The Hall–Kier alpha value is -5.14. The van der Waals surface area contributed by atoms with Crippen LogP contribution in [0.25, 0.3) is 33.3 Å². The van der Waals surface area contributed by atoms with Crippen LogP contribution in [-0.4, -0.2) is 60.2 Å². The molecule has 0 aliphatic carbocycles. The fraction of sp³-hybridized carbons (Fsp3) is 0.194. The van der Waals surface area contributed by atoms with Gasteiger partial charge in [0.05, 0.1) is 48.5 Å². The average Bonchev–Trinajstić information content (AvgIpc) is 3.74. The molecule has 6 heterocycles. The van der Waals surface area contributed by atoms with E-state index in [1.165, 1.54) is 18.7 Å². The maximum atomic E-state index is 12.9. The van der Waals surface area contributed by atoms with Crippen molar-refractivity contribution >= 4 is 43.4 Å². The number of carbonyl (C=O) groups is 1. The van der Waals surface area contributed by atoms with Crippen molar-refractivity contribution in [2.24, 2.45) is 0 Å². The van der Waals surface area contributed by atoms with Gasteiger partial charge < -0.3 is 23.8 Å². The lowest BCUT2D eigenvalue weighted by atomic mass is 10.1. The number of oxazole rings is 1. The number of amides is 1. The highest BCUT2D eigenvalue weighted by atomic mass is 32.2. The van der Waals surface area contributed by atoms with E-state index in [4.69, 9.17) is 23.5 Å². The van der Waals surface area contributed by atoms with E-state index in [1.54, 1.807) is 24.5 Å². The molecule has 1 N–H and O–H groups in total. The Kier molecular flexibility index (Phi) is 7.03. The summed E-state index contributed by atoms with van der Waals surface area (Å²) in [7, 11) is -3.51. The van der Waals surface area contributed by atoms with Crippen LogP contribution in [0.4, 0.5) is 5.82 Å². The smallest absolute Gasteiger partial charge is 0.251 e. The number of nitrogens with one attached hydrogen (secondary N) is 1. The number of hydrogen-bond donors (Lipinski definition) is 1. The molecule has 1 aromatic carbocycles. The SMILES string of the molecule is CS(=O)(=O)c1coc2ccc(C(=O)NCc3cc4nc(-c5cccc(N6CCO[C@H](c7cnco7)C6)n5)ccc4cn3)cc12. The highest BCUT2D eigenvalue weighted by Gasteiger charge is 2.25. The minimum Gasteiger partial charge on any atom is -0.463 e. The summed E-state index contributed by atoms with van der Waals surface area (Å²) in [5, 5.41) is 4.06. The van der Waals surface area contributed by atoms with Crippen molar-refractivity contribution in [1.29, 1.82) is 0 Å². The Morgan fingerprint density at radius 3 is 2.77 bits per heavy atom. The molecule has 222 valence electrons. The molecule has 0 radical (unpaired) electrons. The molecule has 7 rings (SSSR count). The molecule has 6 aromatic rings. The van der Waals surface area contributed by atoms with Crippen LogP contribution in [-0.2, 0) is 21.1 Å². The van der Waals surface area contributed by atoms with Crippen LogP contribution in [0.5, 0.6) is 0 Å². The van der Waals surface area contributed by atoms with E-state index in [0.717, 1.165) is 23.2 Å². The van der Waals surface area contributed by atoms with Crippen LogP contribution < -0.4 is 10.2 Å². The minimum atomic E-state index is -3.51. The number of pyridine rings is 3. The highest BCUT2D eigenvalue weighted by molar-refractivity contribution is 7.91. The van der Waals surface area contributed by atoms with Gasteiger partial charge in [-0.1, -0.05) is 6.07 Å². The number of carbonyl (C=O) groups excluding carboxylic acids is 1. The fourth-order valence-electron chi connectivity index (χ4n) is 5.16. The molecule has 5 aromatic heterocycles. The molecule has 0 spiro atoms. The van der Waals surface area contributed by atoms with Gasteiger partial charge in [-0.3, -0.25) is 9.78 Å². The first-order valence-corrected chi connectivity index (χ1v) is 15.7. The number of anilines is 1. The van der Waals surface area contributed by atoms with E-state index < -0.39 is 9.84 Å². The number of rotatable bonds is 7. The van der Waals surface area contributed by atoms with Gasteiger partial charge in [0.25, 0.3) is 5.91 Å². The Bertz CT molecular complexity index is 2110. The number of benzene rings is 1. The van der Waals surface area contributed by atoms with Gasteiger partial charge in [-0.2, -0.15) is 0 Å². The number of aromatic nitrogens is 4. The number of fused-ring (bicyclic) bond motifs is 2. The first-order valence-electron chi connectivity index (χ1n) is 13.8. The third kappa shape index (κ3) is 5.50. The molecular formula is C31H26N6O6S. The summed E-state index contributed by atoms with van der Waals surface area (Å²) in [6.45, 7) is 1.98. The van der Waals surface area contributed by atoms with Crippen LogP contribution in [0, 0.1) is 0 Å². The van der Waals surface area contributed by atoms with Crippen molar-refractivity contribution in [2.75, 3.05) is 30.9 Å². The van der Waals surface area contributed by atoms with Crippen molar-refractivity contribution in [3.8, 4) is 11.4 Å². The second kappa shape index (κ2) is 11.2. The van der Waals surface area contributed by atoms with Gasteiger partial charge in [0.1, 0.15) is 28.7 Å². The maximum Gasteiger partial charge on any atom is 0.251 e. The van der Waals surface area contributed by atoms with Crippen LogP contribution >= 0.6 is 0 Å². The Morgan fingerprint density at radius 1 is 1.05 bits per heavy atom. The number of ether oxygens (including phenoxy) is 1. The number of sulfone groups is 1. The maximum absolute atomic E-state index is 12.9. The van der Waals surface area contributed by atoms with Crippen LogP contribution in [0.2, 0.25) is 0 Å². The summed E-state index contributed by atoms with van der Waals surface area (Å²) in [5.41, 5.74) is 3.45. The summed E-state index contributed by atoms with van der Waals surface area (Å²) in [4.78, 5) is 33.3. The Labute approximate surface area is 251 Å². The van der Waals surface area contributed by atoms with E-state index in [0.29, 0.717) is 58.9 Å². The molecule has 1 saturated heterocycles. The Balaban J connectivity index is 1.08. The third-order valence-corrected chi connectivity index (χ3v) is 8.53. The van der Waals surface area contributed by atoms with E-state index in [-0.39, 0.29) is 23.5 Å². The second-order valence-electron chi connectivity index (χ2n) is 10.4. The molecule has 1 aliphatic rings. The molecule has 0 bridgehead atoms. The third-order valence-electron chi connectivity index (χ3n) is 7.42. The minimum absolute atomic E-state index is 0.0424. The van der Waals surface area contributed by atoms with E-state index in [9.17, 15) is 13.2 Å². The lowest BCUT2D eigenvalue weighted by Crippen LogP contribution is -2.38. The summed E-state index contributed by atoms with van der Waals surface area (Å²) in [5.74, 6) is 1.13. The predicted octanol–water partition coefficient (Wildman–Crippen LogP) is 4.34. The lowest BCUT2D eigenvalue weighted by molar-refractivity contribution is 0.0255. The first kappa shape index (κ1) is 27.7. The quantitative estimate of drug-likeness (QED) is 0.275. The second-order valence-corrected chi connectivity index (χ2v) is 12.4. The first-order chi connectivity index (χ1) is 21.3. The summed E-state index contributed by atoms with van der Waals surface area (Å²) < 4.78 is 40.8. The van der Waals surface area contributed by atoms with Crippen LogP contribution in [0.3, 0.4) is 0 Å². The molecule has 1 atom stereocenters. The van der Waals surface area contributed by atoms with Crippen molar-refractivity contribution in [3.05, 3.63) is 96.7 Å². The number of hydrogen-bond acceptors (Lipinski definition) is 11. The standard InChI is InChI=1S/C31H26N6O6S/c1-44(39,40)29-17-42-26-8-6-19(11-22(26)29)31(38)34-14-21-12-25-20(13-33-21)5-7-24(35-25)23-3-2-4-30(36-23)37-9-10-41-28(16-37)27-15-32-18-43-27/h2-8,11-13,15,17-18,28H,9-10,14,16H2,1H3,(H,34,38)/t28-/m0/s1. The summed E-state index contributed by atoms with van der Waals surface area (Å²) in [6, 6.07) is 16.2. The molecule has 1 aliphatic heterocycles. The van der Waals surface area contributed by atoms with Crippen molar-refractivity contribution < 1.29 is 26.8 Å². The fourth-order valence-corrected chi connectivity index (χ4v) is 5.94. The van der Waals surface area contributed by atoms with Gasteiger partial charge in [0, 0.05) is 35.3 Å². The van der Waals surface area contributed by atoms with E-state index >= 15 is 0 Å². The van der Waals surface area contributed by atoms with Gasteiger partial charge in [-0.05, 0) is 48.5 Å². The monoisotopic (exact) mass is 610 g/mol. The largest absolute Gasteiger partial charge is 0.463 e. The van der Waals surface area contributed by atoms with Crippen molar-refractivity contribution in [3.63, 3.8) is 0 Å². The summed E-state index contributed by atoms with van der Waals surface area (Å²) in [6.07, 6.45) is 6.84. The number of furan rings is 1. The lowest BCUT2D eigenvalue weighted by Gasteiger charge is -2.32. The van der Waals surface area contributed by atoms with E-state index in [2.05, 4.69) is 20.2 Å². The van der Waals surface area contributed by atoms with Crippen LogP contribution in [0.1, 0.15) is 27.9 Å². The van der Waals surface area contributed by atoms with Gasteiger partial charge in [0.15, 0.2) is 22.0 Å². The molecule has 1 fully saturated rings. The summed E-state index contributed by atoms with van der Waals surface area (Å²) >= 11 is 0. The van der Waals surface area contributed by atoms with Gasteiger partial charge >= 0.3 is 0 Å². The zero-order chi connectivity index (χ0) is 30.3. The van der Waals surface area contributed by atoms with E-state index in [1.807, 2.05) is 36.4 Å². The topological polar surface area (TPSA) is 154 Å². The van der Waals surface area contributed by atoms with Gasteiger partial charge in [-0.15, -0.1) is 0 Å². The highest BCUT2D eigenvalue weighted by Crippen LogP contribution is 2.28. The molecule has 13 heteroatoms. The van der Waals surface area contributed by atoms with Crippen LogP contribution in [0.15, 0.2) is 93.4 Å². The zero-order valence-electron chi connectivity index (χ0n) is 23.5. The molecule has 44 heavy (non-hydrogen) atoms. The zero-order valence-corrected chi connectivity index (χ0v) is 24.3. The average molecular weight is 611 g/mol. The Morgan fingerprint density at radius 2 is 1.93 bits per heavy atom. The molecule has 12 nitrogen and oxygen atoms in total.